The number of nitrogens with zero attached hydrogens (tertiary/aromatic N) is 3. The first kappa shape index (κ1) is 12.3. The summed E-state index contributed by atoms with van der Waals surface area (Å²) in [7, 11) is 1.59. The van der Waals surface area contributed by atoms with Crippen LogP contribution < -0.4 is 11.2 Å². The van der Waals surface area contributed by atoms with E-state index in [1.54, 1.807) is 7.05 Å². The summed E-state index contributed by atoms with van der Waals surface area (Å²) in [4.78, 5) is 28.1. The minimum atomic E-state index is -0.395. The van der Waals surface area contributed by atoms with E-state index in [0.29, 0.717) is 28.8 Å². The molecule has 0 saturated heterocycles. The van der Waals surface area contributed by atoms with Crippen LogP contribution in [0.15, 0.2) is 14.6 Å². The third-order valence-corrected chi connectivity index (χ3v) is 3.16. The van der Waals surface area contributed by atoms with Crippen LogP contribution in [0, 0.1) is 0 Å². The van der Waals surface area contributed by atoms with Gasteiger partial charge in [0.15, 0.2) is 0 Å². The highest BCUT2D eigenvalue weighted by atomic mass is 79.9. The highest BCUT2D eigenvalue weighted by Gasteiger charge is 2.22. The number of hydrogen-bond donors (Lipinski definition) is 1. The monoisotopic (exact) mass is 301 g/mol. The standard InChI is InChI=1S/C10H12BrN3O3/c1-13-8-6(5-7(11)12-8)9(16)14(10(13)17)3-2-4-15/h15H,2-5H2,1H3. The van der Waals surface area contributed by atoms with Gasteiger partial charge < -0.3 is 5.11 Å². The zero-order valence-corrected chi connectivity index (χ0v) is 10.9. The van der Waals surface area contributed by atoms with Crippen molar-refractivity contribution < 1.29 is 5.11 Å². The van der Waals surface area contributed by atoms with E-state index >= 15 is 0 Å². The van der Waals surface area contributed by atoms with Crippen LogP contribution in [0.5, 0.6) is 0 Å². The van der Waals surface area contributed by atoms with E-state index in [1.807, 2.05) is 0 Å². The van der Waals surface area contributed by atoms with Crippen molar-refractivity contribution in [2.75, 3.05) is 6.61 Å². The zero-order chi connectivity index (χ0) is 12.6. The number of halogens is 1. The average Bonchev–Trinajstić information content (AvgIpc) is 2.69. The van der Waals surface area contributed by atoms with Crippen molar-refractivity contribution in [3.05, 3.63) is 26.4 Å². The van der Waals surface area contributed by atoms with E-state index < -0.39 is 5.69 Å². The molecule has 1 N–H and O–H groups in total. The number of aliphatic imine (C=N–C) groups is 1. The average molecular weight is 302 g/mol. The lowest BCUT2D eigenvalue weighted by molar-refractivity contribution is 0.277. The van der Waals surface area contributed by atoms with Crippen LogP contribution in [0.4, 0.5) is 5.82 Å². The normalized spacial score (nSPS) is 13.7. The van der Waals surface area contributed by atoms with Gasteiger partial charge in [0.1, 0.15) is 5.82 Å². The van der Waals surface area contributed by atoms with Gasteiger partial charge in [0.05, 0.1) is 10.2 Å². The Hall–Kier alpha value is -1.21. The van der Waals surface area contributed by atoms with Gasteiger partial charge in [-0.15, -0.1) is 0 Å². The second kappa shape index (κ2) is 4.58. The first-order valence-corrected chi connectivity index (χ1v) is 6.02. The van der Waals surface area contributed by atoms with E-state index in [9.17, 15) is 9.59 Å². The molecular formula is C10H12BrN3O3. The quantitative estimate of drug-likeness (QED) is 0.848. The van der Waals surface area contributed by atoms with Crippen LogP contribution in [0.2, 0.25) is 0 Å². The summed E-state index contributed by atoms with van der Waals surface area (Å²) in [6, 6.07) is 0. The van der Waals surface area contributed by atoms with Gasteiger partial charge in [0.2, 0.25) is 0 Å². The molecule has 0 unspecified atom stereocenters. The molecule has 0 spiro atoms. The van der Waals surface area contributed by atoms with Crippen LogP contribution in [-0.2, 0) is 20.0 Å². The van der Waals surface area contributed by atoms with Gasteiger partial charge in [-0.3, -0.25) is 13.9 Å². The predicted molar refractivity (Wildman–Crippen MR) is 67.4 cm³/mol. The molecule has 17 heavy (non-hydrogen) atoms. The van der Waals surface area contributed by atoms with Crippen molar-refractivity contribution in [1.29, 1.82) is 0 Å². The van der Waals surface area contributed by atoms with Crippen molar-refractivity contribution in [2.45, 2.75) is 19.4 Å². The summed E-state index contributed by atoms with van der Waals surface area (Å²) in [5, 5.41) is 8.76. The van der Waals surface area contributed by atoms with E-state index in [-0.39, 0.29) is 18.7 Å². The molecule has 2 rings (SSSR count). The highest BCUT2D eigenvalue weighted by Crippen LogP contribution is 2.23. The number of aliphatic hydroxyl groups excluding tert-OH is 1. The number of aromatic nitrogens is 2. The molecule has 0 fully saturated rings. The smallest absolute Gasteiger partial charge is 0.332 e. The van der Waals surface area contributed by atoms with Crippen molar-refractivity contribution in [3.8, 4) is 0 Å². The Labute approximate surface area is 105 Å². The Kier molecular flexibility index (Phi) is 3.30. The fourth-order valence-electron chi connectivity index (χ4n) is 1.84. The molecule has 0 aromatic carbocycles. The van der Waals surface area contributed by atoms with Crippen LogP contribution in [0.3, 0.4) is 0 Å². The zero-order valence-electron chi connectivity index (χ0n) is 9.31. The van der Waals surface area contributed by atoms with Crippen molar-refractivity contribution in [3.63, 3.8) is 0 Å². The van der Waals surface area contributed by atoms with Gasteiger partial charge in [-0.25, -0.2) is 9.79 Å². The first-order chi connectivity index (χ1) is 8.06. The fourth-order valence-corrected chi connectivity index (χ4v) is 2.29. The Morgan fingerprint density at radius 2 is 2.18 bits per heavy atom. The summed E-state index contributed by atoms with van der Waals surface area (Å²) < 4.78 is 3.16. The maximum Gasteiger partial charge on any atom is 0.332 e. The molecule has 1 aromatic heterocycles. The summed E-state index contributed by atoms with van der Waals surface area (Å²) in [6.45, 7) is 0.180. The van der Waals surface area contributed by atoms with Gasteiger partial charge in [-0.2, -0.15) is 0 Å². The Morgan fingerprint density at radius 1 is 1.47 bits per heavy atom. The van der Waals surface area contributed by atoms with Crippen LogP contribution >= 0.6 is 15.9 Å². The van der Waals surface area contributed by atoms with Crippen LogP contribution in [0.25, 0.3) is 0 Å². The molecule has 92 valence electrons. The lowest BCUT2D eigenvalue weighted by atomic mass is 10.2. The van der Waals surface area contributed by atoms with E-state index in [2.05, 4.69) is 20.9 Å². The fraction of sp³-hybridized carbons (Fsp3) is 0.500. The van der Waals surface area contributed by atoms with Crippen molar-refractivity contribution >= 4 is 26.4 Å². The molecule has 0 saturated carbocycles. The predicted octanol–water partition coefficient (Wildman–Crippen LogP) is -0.0896. The van der Waals surface area contributed by atoms with Crippen molar-refractivity contribution in [1.82, 2.24) is 9.13 Å². The number of aliphatic hydroxyl groups is 1. The van der Waals surface area contributed by atoms with Gasteiger partial charge >= 0.3 is 5.69 Å². The maximum absolute atomic E-state index is 12.1. The minimum Gasteiger partial charge on any atom is -0.396 e. The molecule has 2 heterocycles. The molecule has 1 aromatic rings. The Balaban J connectivity index is 2.61. The molecular weight excluding hydrogens is 290 g/mol. The lowest BCUT2D eigenvalue weighted by Crippen LogP contribution is -2.40. The largest absolute Gasteiger partial charge is 0.396 e. The molecule has 0 bridgehead atoms. The minimum absolute atomic E-state index is 0.0487. The lowest BCUT2D eigenvalue weighted by Gasteiger charge is -2.09. The second-order valence-electron chi connectivity index (χ2n) is 3.84. The van der Waals surface area contributed by atoms with Gasteiger partial charge in [0.25, 0.3) is 5.56 Å². The topological polar surface area (TPSA) is 76.6 Å². The van der Waals surface area contributed by atoms with Gasteiger partial charge in [-0.1, -0.05) is 0 Å². The molecule has 0 amide bonds. The van der Waals surface area contributed by atoms with E-state index in [1.165, 1.54) is 4.57 Å². The van der Waals surface area contributed by atoms with Crippen LogP contribution in [-0.4, -0.2) is 25.5 Å². The van der Waals surface area contributed by atoms with Gasteiger partial charge in [-0.05, 0) is 22.4 Å². The highest BCUT2D eigenvalue weighted by molar-refractivity contribution is 9.18. The third kappa shape index (κ3) is 2.00. The van der Waals surface area contributed by atoms with Crippen LogP contribution in [0.1, 0.15) is 12.0 Å². The second-order valence-corrected chi connectivity index (χ2v) is 4.76. The Bertz CT molecular complexity index is 600. The molecule has 0 aliphatic carbocycles. The third-order valence-electron chi connectivity index (χ3n) is 2.70. The summed E-state index contributed by atoms with van der Waals surface area (Å²) in [6.07, 6.45) is 0.803. The summed E-state index contributed by atoms with van der Waals surface area (Å²) >= 11 is 3.24. The number of fused-ring (bicyclic) bond motifs is 1. The molecule has 1 aliphatic rings. The molecule has 1 aliphatic heterocycles. The molecule has 0 radical (unpaired) electrons. The van der Waals surface area contributed by atoms with E-state index in [0.717, 1.165) is 4.57 Å². The number of rotatable bonds is 3. The first-order valence-electron chi connectivity index (χ1n) is 5.23. The molecule has 0 atom stereocenters. The van der Waals surface area contributed by atoms with Crippen molar-refractivity contribution in [2.24, 2.45) is 12.0 Å². The maximum atomic E-state index is 12.1. The molecule has 7 heteroatoms. The van der Waals surface area contributed by atoms with E-state index in [4.69, 9.17) is 5.11 Å². The number of hydrogen-bond acceptors (Lipinski definition) is 4. The summed E-state index contributed by atoms with van der Waals surface area (Å²) in [5.41, 5.74) is -0.181. The van der Waals surface area contributed by atoms with Gasteiger partial charge in [0, 0.05) is 26.6 Å². The SMILES string of the molecule is Cn1c2c(c(=O)n(CCCO)c1=O)CC(Br)=N2. The summed E-state index contributed by atoms with van der Waals surface area (Å²) in [5.74, 6) is 0.423. The molecule has 6 nitrogen and oxygen atoms in total. The Morgan fingerprint density at radius 3 is 2.82 bits per heavy atom.